The van der Waals surface area contributed by atoms with E-state index in [0.717, 1.165) is 0 Å². The van der Waals surface area contributed by atoms with E-state index in [1.165, 1.54) is 0 Å². The average Bonchev–Trinajstić information content (AvgIpc) is 1.41. The SMILES string of the molecule is O=S(=O)(O)O.O=S(=O)(O)O.O=S(O)(O)=S. The molecule has 15 heteroatoms. The van der Waals surface area contributed by atoms with Crippen LogP contribution in [-0.4, -0.2) is 48.4 Å². The lowest BCUT2D eigenvalue weighted by Gasteiger charge is -1.73. The largest absolute Gasteiger partial charge is 0.394 e. The van der Waals surface area contributed by atoms with Crippen LogP contribution in [0.5, 0.6) is 0 Å². The second kappa shape index (κ2) is 7.33. The zero-order valence-electron chi connectivity index (χ0n) is 6.36. The van der Waals surface area contributed by atoms with Crippen molar-refractivity contribution in [2.24, 2.45) is 0 Å². The van der Waals surface area contributed by atoms with Gasteiger partial charge in [0.25, 0.3) is 9.05 Å². The molecule has 15 heavy (non-hydrogen) atoms. The van der Waals surface area contributed by atoms with Crippen LogP contribution in [0.2, 0.25) is 0 Å². The first kappa shape index (κ1) is 20.4. The van der Waals surface area contributed by atoms with Crippen molar-refractivity contribution in [2.45, 2.75) is 0 Å². The Morgan fingerprint density at radius 1 is 0.600 bits per heavy atom. The zero-order valence-corrected chi connectivity index (χ0v) is 9.62. The maximum Gasteiger partial charge on any atom is 0.394 e. The Hall–Kier alpha value is 0.0300. The molecule has 0 amide bonds. The summed E-state index contributed by atoms with van der Waals surface area (Å²) in [5.41, 5.74) is 0. The third kappa shape index (κ3) is 2260000. The molecule has 0 aromatic rings. The minimum atomic E-state index is -4.67. The summed E-state index contributed by atoms with van der Waals surface area (Å²) in [6.07, 6.45) is 0. The fourth-order valence-electron chi connectivity index (χ4n) is 0. The van der Waals surface area contributed by atoms with Crippen molar-refractivity contribution in [1.29, 1.82) is 0 Å². The molecule has 0 spiro atoms. The summed E-state index contributed by atoms with van der Waals surface area (Å²) >= 11 is 3.47. The maximum atomic E-state index is 9.11. The quantitative estimate of drug-likeness (QED) is 0.279. The molecule has 0 saturated heterocycles. The van der Waals surface area contributed by atoms with Crippen LogP contribution in [-0.2, 0) is 41.0 Å². The van der Waals surface area contributed by atoms with Crippen molar-refractivity contribution < 1.29 is 48.4 Å². The highest BCUT2D eigenvalue weighted by Gasteiger charge is 1.85. The van der Waals surface area contributed by atoms with E-state index in [1.807, 2.05) is 0 Å². The number of hydrogen-bond acceptors (Lipinski definition) is 6. The predicted molar refractivity (Wildman–Crippen MR) is 49.1 cm³/mol. The van der Waals surface area contributed by atoms with Gasteiger partial charge in [-0.05, 0) is 0 Å². The van der Waals surface area contributed by atoms with Crippen LogP contribution in [0, 0.1) is 0 Å². The molecular weight excluding hydrogens is 304 g/mol. The van der Waals surface area contributed by atoms with E-state index in [1.54, 1.807) is 0 Å². The van der Waals surface area contributed by atoms with Gasteiger partial charge in [-0.15, -0.1) is 0 Å². The highest BCUT2D eigenvalue weighted by atomic mass is 32.9. The molecule has 6 N–H and O–H groups in total. The van der Waals surface area contributed by atoms with E-state index < -0.39 is 29.9 Å². The molecule has 96 valence electrons. The van der Waals surface area contributed by atoms with Gasteiger partial charge in [0.05, 0.1) is 0 Å². The molecule has 0 unspecified atom stereocenters. The lowest BCUT2D eigenvalue weighted by atomic mass is 15.8. The van der Waals surface area contributed by atoms with Gasteiger partial charge < -0.3 is 0 Å². The highest BCUT2D eigenvalue weighted by Crippen LogP contribution is 1.62. The van der Waals surface area contributed by atoms with Crippen LogP contribution in [0.25, 0.3) is 0 Å². The summed E-state index contributed by atoms with van der Waals surface area (Å²) in [6, 6.07) is 0. The van der Waals surface area contributed by atoms with Crippen molar-refractivity contribution in [3.63, 3.8) is 0 Å². The molecule has 0 radical (unpaired) electrons. The smallest absolute Gasteiger partial charge is 0.285 e. The number of rotatable bonds is 0. The Labute approximate surface area is 89.6 Å². The second-order valence-corrected chi connectivity index (χ2v) is 5.33. The summed E-state index contributed by atoms with van der Waals surface area (Å²) in [4.78, 5) is 0. The van der Waals surface area contributed by atoms with Crippen molar-refractivity contribution in [3.8, 4) is 0 Å². The second-order valence-electron chi connectivity index (χ2n) is 1.34. The summed E-state index contributed by atoms with van der Waals surface area (Å²) in [7, 11) is -13.2. The molecule has 0 saturated carbocycles. The Kier molecular flexibility index (Phi) is 9.99. The third-order valence-electron chi connectivity index (χ3n) is 0. The van der Waals surface area contributed by atoms with Gasteiger partial charge >= 0.3 is 20.8 Å². The molecule has 0 aromatic heterocycles. The van der Waals surface area contributed by atoms with Crippen LogP contribution < -0.4 is 0 Å². The molecule has 0 heterocycles. The fourth-order valence-corrected chi connectivity index (χ4v) is 0. The minimum absolute atomic E-state index is 3.47. The molecule has 0 aliphatic rings. The molecule has 0 aliphatic heterocycles. The molecule has 0 fully saturated rings. The van der Waals surface area contributed by atoms with Crippen LogP contribution in [0.3, 0.4) is 0 Å². The van der Waals surface area contributed by atoms with E-state index in [-0.39, 0.29) is 0 Å². The summed E-state index contributed by atoms with van der Waals surface area (Å²) in [5.74, 6) is 0. The van der Waals surface area contributed by atoms with Crippen molar-refractivity contribution in [3.05, 3.63) is 0 Å². The normalized spacial score (nSPS) is 11.6. The summed E-state index contributed by atoms with van der Waals surface area (Å²) in [5, 5.41) is 0. The van der Waals surface area contributed by atoms with Gasteiger partial charge in [-0.2, -0.15) is 21.0 Å². The topological polar surface area (TPSA) is 207 Å². The summed E-state index contributed by atoms with van der Waals surface area (Å²) < 4.78 is 87.1. The highest BCUT2D eigenvalue weighted by molar-refractivity contribution is 8.26. The van der Waals surface area contributed by atoms with E-state index in [4.69, 9.17) is 48.4 Å². The lowest BCUT2D eigenvalue weighted by molar-refractivity contribution is 0.378. The summed E-state index contributed by atoms with van der Waals surface area (Å²) in [6.45, 7) is 0. The molecule has 0 bridgehead atoms. The molecule has 0 atom stereocenters. The van der Waals surface area contributed by atoms with E-state index in [9.17, 15) is 0 Å². The molecule has 11 nitrogen and oxygen atoms in total. The Morgan fingerprint density at radius 3 is 0.600 bits per heavy atom. The fraction of sp³-hybridized carbons (Fsp3) is 0. The van der Waals surface area contributed by atoms with Gasteiger partial charge in [0.15, 0.2) is 0 Å². The third-order valence-corrected chi connectivity index (χ3v) is 0. The first-order chi connectivity index (χ1) is 6.00. The predicted octanol–water partition coefficient (Wildman–Crippen LogP) is -1.63. The zero-order chi connectivity index (χ0) is 13.5. The van der Waals surface area contributed by atoms with Crippen molar-refractivity contribution >= 4 is 41.0 Å². The van der Waals surface area contributed by atoms with Crippen molar-refractivity contribution in [2.75, 3.05) is 0 Å². The number of hydrogen-bond donors (Lipinski definition) is 6. The Morgan fingerprint density at radius 2 is 0.600 bits per heavy atom. The standard InChI is InChI=1S/2H2O4S.H2O3S2/c3*1-5(2,3)4/h3*(H2,1,2,3,4). The van der Waals surface area contributed by atoms with Gasteiger partial charge in [-0.3, -0.25) is 27.3 Å². The van der Waals surface area contributed by atoms with Gasteiger partial charge in [-0.1, -0.05) is 0 Å². The van der Waals surface area contributed by atoms with Gasteiger partial charge in [0, 0.05) is 11.2 Å². The maximum absolute atomic E-state index is 9.11. The van der Waals surface area contributed by atoms with Crippen molar-refractivity contribution in [1.82, 2.24) is 0 Å². The first-order valence-corrected chi connectivity index (χ1v) is 7.29. The Bertz CT molecular complexity index is 333. The lowest BCUT2D eigenvalue weighted by Crippen LogP contribution is -1.89. The molecule has 0 rings (SSSR count). The van der Waals surface area contributed by atoms with Crippen LogP contribution in [0.4, 0.5) is 0 Å². The first-order valence-electron chi connectivity index (χ1n) is 2.10. The van der Waals surface area contributed by atoms with E-state index >= 15 is 0 Å². The average molecular weight is 310 g/mol. The van der Waals surface area contributed by atoms with Crippen LogP contribution in [0.15, 0.2) is 0 Å². The van der Waals surface area contributed by atoms with Crippen LogP contribution in [0.1, 0.15) is 0 Å². The Balaban J connectivity index is -0.000000144. The van der Waals surface area contributed by atoms with Gasteiger partial charge in [-0.25, -0.2) is 0 Å². The van der Waals surface area contributed by atoms with Gasteiger partial charge in [0.1, 0.15) is 0 Å². The van der Waals surface area contributed by atoms with E-state index in [0.29, 0.717) is 0 Å². The van der Waals surface area contributed by atoms with Gasteiger partial charge in [0.2, 0.25) is 0 Å². The monoisotopic (exact) mass is 310 g/mol. The molecule has 0 aromatic carbocycles. The molecular formula is H6O11S4. The minimum Gasteiger partial charge on any atom is -0.285 e. The molecule has 0 aliphatic carbocycles. The van der Waals surface area contributed by atoms with E-state index in [2.05, 4.69) is 11.2 Å². The van der Waals surface area contributed by atoms with Crippen LogP contribution >= 0.6 is 0 Å².